The zero-order valence-electron chi connectivity index (χ0n) is 11.8. The number of nitrogens with zero attached hydrogens (tertiary/aromatic N) is 5. The third-order valence-corrected chi connectivity index (χ3v) is 3.91. The Morgan fingerprint density at radius 2 is 2.10 bits per heavy atom. The molecule has 20 heavy (non-hydrogen) atoms. The molecule has 0 bridgehead atoms. The molecule has 1 aliphatic rings. The van der Waals surface area contributed by atoms with Crippen LogP contribution in [0.15, 0.2) is 6.20 Å². The van der Waals surface area contributed by atoms with Gasteiger partial charge in [-0.15, -0.1) is 0 Å². The lowest BCUT2D eigenvalue weighted by atomic mass is 10.0. The molecule has 108 valence electrons. The molecule has 1 saturated heterocycles. The van der Waals surface area contributed by atoms with E-state index in [-0.39, 0.29) is 0 Å². The Balaban J connectivity index is 1.88. The predicted octanol–water partition coefficient (Wildman–Crippen LogP) is 0.169. The number of aromatic nitrogens is 4. The SMILES string of the molecule is CN(C)C1CCN(c2nc(NN)nc3[nH]ncc23)CC1. The molecule has 0 atom stereocenters. The normalized spacial score (nSPS) is 17.1. The molecular weight excluding hydrogens is 256 g/mol. The van der Waals surface area contributed by atoms with E-state index in [9.17, 15) is 0 Å². The largest absolute Gasteiger partial charge is 0.356 e. The number of hydrogen-bond acceptors (Lipinski definition) is 7. The number of anilines is 2. The van der Waals surface area contributed by atoms with Crippen LogP contribution in [0.25, 0.3) is 11.0 Å². The second kappa shape index (κ2) is 5.22. The standard InChI is InChI=1S/C12H20N8/c1-19(2)8-3-5-20(6-4-8)11-9-7-14-18-10(9)15-12(16-11)17-13/h7-8H,3-6,13H2,1-2H3,(H2,14,15,16,17,18). The molecule has 0 aromatic carbocycles. The van der Waals surface area contributed by atoms with Crippen molar-refractivity contribution in [2.24, 2.45) is 5.84 Å². The first-order chi connectivity index (χ1) is 9.69. The minimum atomic E-state index is 0.409. The lowest BCUT2D eigenvalue weighted by Crippen LogP contribution is -2.42. The average Bonchev–Trinajstić information content (AvgIpc) is 2.94. The number of H-pyrrole nitrogens is 1. The molecule has 0 amide bonds. The molecule has 8 heteroatoms. The summed E-state index contributed by atoms with van der Waals surface area (Å²) >= 11 is 0. The van der Waals surface area contributed by atoms with E-state index >= 15 is 0 Å². The smallest absolute Gasteiger partial charge is 0.241 e. The van der Waals surface area contributed by atoms with Crippen LogP contribution in [0.3, 0.4) is 0 Å². The predicted molar refractivity (Wildman–Crippen MR) is 78.4 cm³/mol. The van der Waals surface area contributed by atoms with Gasteiger partial charge in [-0.25, -0.2) is 5.84 Å². The summed E-state index contributed by atoms with van der Waals surface area (Å²) in [5, 5.41) is 7.85. The summed E-state index contributed by atoms with van der Waals surface area (Å²) in [7, 11) is 4.27. The minimum absolute atomic E-state index is 0.409. The fourth-order valence-electron chi connectivity index (χ4n) is 2.72. The maximum Gasteiger partial charge on any atom is 0.241 e. The third kappa shape index (κ3) is 2.27. The van der Waals surface area contributed by atoms with Crippen molar-refractivity contribution in [2.45, 2.75) is 18.9 Å². The quantitative estimate of drug-likeness (QED) is 0.543. The summed E-state index contributed by atoms with van der Waals surface area (Å²) < 4.78 is 0. The number of nitrogens with one attached hydrogen (secondary N) is 2. The van der Waals surface area contributed by atoms with Gasteiger partial charge < -0.3 is 9.80 Å². The van der Waals surface area contributed by atoms with Crippen LogP contribution in [-0.2, 0) is 0 Å². The van der Waals surface area contributed by atoms with Gasteiger partial charge >= 0.3 is 0 Å². The maximum atomic E-state index is 5.44. The van der Waals surface area contributed by atoms with Crippen LogP contribution in [0.2, 0.25) is 0 Å². The molecule has 3 rings (SSSR count). The van der Waals surface area contributed by atoms with Gasteiger partial charge in [-0.1, -0.05) is 0 Å². The van der Waals surface area contributed by atoms with E-state index in [1.807, 2.05) is 0 Å². The van der Waals surface area contributed by atoms with Crippen LogP contribution in [0.5, 0.6) is 0 Å². The lowest BCUT2D eigenvalue weighted by Gasteiger charge is -2.36. The Kier molecular flexibility index (Phi) is 3.41. The fraction of sp³-hybridized carbons (Fsp3) is 0.583. The fourth-order valence-corrected chi connectivity index (χ4v) is 2.72. The highest BCUT2D eigenvalue weighted by Gasteiger charge is 2.23. The Bertz CT molecular complexity index is 584. The highest BCUT2D eigenvalue weighted by atomic mass is 15.3. The van der Waals surface area contributed by atoms with Gasteiger partial charge in [-0.2, -0.15) is 15.1 Å². The molecule has 0 aliphatic carbocycles. The molecule has 2 aromatic rings. The Hall–Kier alpha value is -1.93. The van der Waals surface area contributed by atoms with Crippen LogP contribution in [0.4, 0.5) is 11.8 Å². The van der Waals surface area contributed by atoms with E-state index in [0.29, 0.717) is 17.6 Å². The number of rotatable bonds is 3. The van der Waals surface area contributed by atoms with Gasteiger partial charge in [0.25, 0.3) is 0 Å². The monoisotopic (exact) mass is 276 g/mol. The molecule has 3 heterocycles. The first-order valence-electron chi connectivity index (χ1n) is 6.78. The van der Waals surface area contributed by atoms with Gasteiger partial charge in [0, 0.05) is 19.1 Å². The number of aromatic amines is 1. The number of nitrogen functional groups attached to an aromatic ring is 1. The van der Waals surface area contributed by atoms with Crippen molar-refractivity contribution in [2.75, 3.05) is 37.5 Å². The van der Waals surface area contributed by atoms with Crippen LogP contribution >= 0.6 is 0 Å². The average molecular weight is 276 g/mol. The second-order valence-corrected chi connectivity index (χ2v) is 5.33. The Morgan fingerprint density at radius 3 is 2.75 bits per heavy atom. The summed E-state index contributed by atoms with van der Waals surface area (Å²) in [5.74, 6) is 6.74. The number of hydrogen-bond donors (Lipinski definition) is 3. The Labute approximate surface area is 117 Å². The van der Waals surface area contributed by atoms with Crippen molar-refractivity contribution in [3.8, 4) is 0 Å². The molecule has 0 saturated carbocycles. The molecular formula is C12H20N8. The lowest BCUT2D eigenvalue weighted by molar-refractivity contribution is 0.249. The Morgan fingerprint density at radius 1 is 1.35 bits per heavy atom. The first kappa shape index (κ1) is 13.1. The highest BCUT2D eigenvalue weighted by molar-refractivity contribution is 5.87. The van der Waals surface area contributed by atoms with Crippen molar-refractivity contribution >= 4 is 22.8 Å². The molecule has 0 radical (unpaired) electrons. The number of piperidine rings is 1. The molecule has 0 spiro atoms. The highest BCUT2D eigenvalue weighted by Crippen LogP contribution is 2.27. The van der Waals surface area contributed by atoms with E-state index in [1.165, 1.54) is 0 Å². The van der Waals surface area contributed by atoms with Gasteiger partial charge in [0.2, 0.25) is 5.95 Å². The summed E-state index contributed by atoms with van der Waals surface area (Å²) in [6.07, 6.45) is 4.02. The molecule has 2 aromatic heterocycles. The summed E-state index contributed by atoms with van der Waals surface area (Å²) in [6.45, 7) is 1.95. The molecule has 4 N–H and O–H groups in total. The van der Waals surface area contributed by atoms with Gasteiger partial charge in [-0.3, -0.25) is 10.5 Å². The van der Waals surface area contributed by atoms with Crippen LogP contribution in [-0.4, -0.2) is 58.3 Å². The zero-order valence-corrected chi connectivity index (χ0v) is 11.8. The molecule has 1 fully saturated rings. The van der Waals surface area contributed by atoms with Gasteiger partial charge in [0.1, 0.15) is 5.82 Å². The van der Waals surface area contributed by atoms with Crippen LogP contribution < -0.4 is 16.2 Å². The van der Waals surface area contributed by atoms with Gasteiger partial charge in [-0.05, 0) is 26.9 Å². The topological polar surface area (TPSA) is 99.0 Å². The van der Waals surface area contributed by atoms with E-state index in [4.69, 9.17) is 5.84 Å². The minimum Gasteiger partial charge on any atom is -0.356 e. The van der Waals surface area contributed by atoms with Crippen molar-refractivity contribution < 1.29 is 0 Å². The van der Waals surface area contributed by atoms with Crippen LogP contribution in [0.1, 0.15) is 12.8 Å². The number of fused-ring (bicyclic) bond motifs is 1. The zero-order chi connectivity index (χ0) is 14.1. The van der Waals surface area contributed by atoms with Crippen molar-refractivity contribution in [1.82, 2.24) is 25.1 Å². The third-order valence-electron chi connectivity index (χ3n) is 3.91. The number of hydrazine groups is 1. The molecule has 1 aliphatic heterocycles. The van der Waals surface area contributed by atoms with Crippen molar-refractivity contribution in [3.05, 3.63) is 6.20 Å². The molecule has 8 nitrogen and oxygen atoms in total. The van der Waals surface area contributed by atoms with E-state index in [0.717, 1.165) is 37.1 Å². The number of nitrogens with two attached hydrogens (primary N) is 1. The summed E-state index contributed by atoms with van der Waals surface area (Å²) in [4.78, 5) is 13.3. The van der Waals surface area contributed by atoms with Crippen molar-refractivity contribution in [1.29, 1.82) is 0 Å². The first-order valence-corrected chi connectivity index (χ1v) is 6.78. The van der Waals surface area contributed by atoms with Crippen molar-refractivity contribution in [3.63, 3.8) is 0 Å². The second-order valence-electron chi connectivity index (χ2n) is 5.33. The molecule has 0 unspecified atom stereocenters. The van der Waals surface area contributed by atoms with E-state index in [1.54, 1.807) is 6.20 Å². The van der Waals surface area contributed by atoms with Gasteiger partial charge in [0.15, 0.2) is 5.65 Å². The van der Waals surface area contributed by atoms with E-state index < -0.39 is 0 Å². The summed E-state index contributed by atoms with van der Waals surface area (Å²) in [5.41, 5.74) is 3.22. The summed E-state index contributed by atoms with van der Waals surface area (Å²) in [6, 6.07) is 0.639. The van der Waals surface area contributed by atoms with Gasteiger partial charge in [0.05, 0.1) is 11.6 Å². The van der Waals surface area contributed by atoms with E-state index in [2.05, 4.69) is 49.5 Å². The maximum absolute atomic E-state index is 5.44. The van der Waals surface area contributed by atoms with Crippen LogP contribution in [0, 0.1) is 0 Å².